The first kappa shape index (κ1) is 14.5. The zero-order valence-electron chi connectivity index (χ0n) is 12.0. The number of H-pyrrole nitrogens is 1. The number of hydrogen-bond donors (Lipinski definition) is 1. The van der Waals surface area contributed by atoms with Gasteiger partial charge < -0.3 is 9.47 Å². The van der Waals surface area contributed by atoms with Gasteiger partial charge in [-0.1, -0.05) is 12.1 Å². The summed E-state index contributed by atoms with van der Waals surface area (Å²) >= 11 is 0. The van der Waals surface area contributed by atoms with Crippen molar-refractivity contribution in [2.24, 2.45) is 0 Å². The van der Waals surface area contributed by atoms with Crippen LogP contribution in [-0.4, -0.2) is 28.2 Å². The smallest absolute Gasteiger partial charge is 0.365 e. The Bertz CT molecular complexity index is 903. The number of esters is 1. The molecule has 2 aromatic carbocycles. The molecule has 0 atom stereocenters. The topological polar surface area (TPSA) is 107 Å². The number of carbonyl (C=O) groups is 1. The van der Waals surface area contributed by atoms with Crippen LogP contribution in [0.3, 0.4) is 0 Å². The number of nitrogens with one attached hydrogen (secondary N) is 1. The Kier molecular flexibility index (Phi) is 3.63. The maximum atomic E-state index is 12.3. The normalized spacial score (nSPS) is 10.5. The molecule has 0 aliphatic heterocycles. The van der Waals surface area contributed by atoms with Crippen molar-refractivity contribution >= 4 is 22.6 Å². The number of hydrogen-bond acceptors (Lipinski definition) is 6. The lowest BCUT2D eigenvalue weighted by Crippen LogP contribution is -2.10. The van der Waals surface area contributed by atoms with Gasteiger partial charge in [-0.2, -0.15) is 5.10 Å². The Balaban J connectivity index is 1.97. The number of rotatable bonds is 4. The van der Waals surface area contributed by atoms with Crippen molar-refractivity contribution in [2.45, 2.75) is 0 Å². The van der Waals surface area contributed by atoms with Crippen LogP contribution in [0.25, 0.3) is 10.9 Å². The largest absolute Gasteiger partial charge is 0.493 e. The molecule has 0 aliphatic carbocycles. The molecule has 0 aliphatic rings. The summed E-state index contributed by atoms with van der Waals surface area (Å²) < 4.78 is 10.4. The Morgan fingerprint density at radius 2 is 1.96 bits per heavy atom. The molecule has 116 valence electrons. The van der Waals surface area contributed by atoms with Gasteiger partial charge in [-0.15, -0.1) is 0 Å². The number of nitrogens with zero attached hydrogens (tertiary/aromatic N) is 2. The molecule has 23 heavy (non-hydrogen) atoms. The van der Waals surface area contributed by atoms with Gasteiger partial charge in [0.25, 0.3) is 5.69 Å². The molecule has 1 N–H and O–H groups in total. The van der Waals surface area contributed by atoms with Crippen molar-refractivity contribution in [1.82, 2.24) is 10.2 Å². The molecule has 0 unspecified atom stereocenters. The lowest BCUT2D eigenvalue weighted by atomic mass is 10.2. The lowest BCUT2D eigenvalue weighted by Gasteiger charge is -2.07. The molecule has 0 bridgehead atoms. The second kappa shape index (κ2) is 5.76. The number of carbonyl (C=O) groups excluding carboxylic acids is 1. The molecule has 3 rings (SSSR count). The molecule has 1 aromatic heterocycles. The molecule has 0 amide bonds. The first-order chi connectivity index (χ1) is 11.1. The maximum absolute atomic E-state index is 12.3. The van der Waals surface area contributed by atoms with Crippen LogP contribution in [-0.2, 0) is 0 Å². The summed E-state index contributed by atoms with van der Waals surface area (Å²) in [6.45, 7) is 0. The summed E-state index contributed by atoms with van der Waals surface area (Å²) in [5.74, 6) is -0.102. The third-order valence-corrected chi connectivity index (χ3v) is 3.22. The zero-order chi connectivity index (χ0) is 16.4. The average Bonchev–Trinajstić information content (AvgIpc) is 2.98. The van der Waals surface area contributed by atoms with E-state index in [2.05, 4.69) is 10.2 Å². The minimum absolute atomic E-state index is 0.0328. The van der Waals surface area contributed by atoms with Crippen molar-refractivity contribution in [3.8, 4) is 11.5 Å². The van der Waals surface area contributed by atoms with E-state index in [1.54, 1.807) is 24.3 Å². The van der Waals surface area contributed by atoms with Crippen LogP contribution in [0.5, 0.6) is 11.5 Å². The minimum atomic E-state index is -0.735. The van der Waals surface area contributed by atoms with E-state index in [0.29, 0.717) is 16.7 Å². The summed E-state index contributed by atoms with van der Waals surface area (Å²) in [5, 5.41) is 17.7. The molecule has 3 aromatic rings. The number of benzene rings is 2. The number of methoxy groups -OCH3 is 1. The average molecular weight is 313 g/mol. The van der Waals surface area contributed by atoms with Gasteiger partial charge in [0.15, 0.2) is 17.2 Å². The van der Waals surface area contributed by atoms with Gasteiger partial charge in [-0.05, 0) is 18.2 Å². The second-order valence-corrected chi connectivity index (χ2v) is 4.60. The summed E-state index contributed by atoms with van der Waals surface area (Å²) in [5.41, 5.74) is 0.336. The van der Waals surface area contributed by atoms with Crippen LogP contribution < -0.4 is 9.47 Å². The fraction of sp³-hybridized carbons (Fsp3) is 0.0667. The first-order valence-electron chi connectivity index (χ1n) is 6.58. The van der Waals surface area contributed by atoms with Gasteiger partial charge in [0.05, 0.1) is 17.5 Å². The lowest BCUT2D eigenvalue weighted by molar-refractivity contribution is -0.384. The molecular formula is C15H11N3O5. The molecular weight excluding hydrogens is 302 g/mol. The second-order valence-electron chi connectivity index (χ2n) is 4.60. The van der Waals surface area contributed by atoms with Gasteiger partial charge in [0, 0.05) is 17.5 Å². The number of para-hydroxylation sites is 2. The summed E-state index contributed by atoms with van der Waals surface area (Å²) in [7, 11) is 1.46. The van der Waals surface area contributed by atoms with Crippen molar-refractivity contribution in [3.05, 3.63) is 58.3 Å². The van der Waals surface area contributed by atoms with Crippen LogP contribution >= 0.6 is 0 Å². The highest BCUT2D eigenvalue weighted by atomic mass is 16.6. The van der Waals surface area contributed by atoms with Gasteiger partial charge in [-0.25, -0.2) is 4.79 Å². The Hall–Kier alpha value is -3.42. The van der Waals surface area contributed by atoms with Crippen LogP contribution in [0, 0.1) is 10.1 Å². The highest BCUT2D eigenvalue weighted by Gasteiger charge is 2.20. The molecule has 0 saturated heterocycles. The maximum Gasteiger partial charge on any atom is 0.365 e. The predicted octanol–water partition coefficient (Wildman–Crippen LogP) is 2.70. The third kappa shape index (κ3) is 2.69. The van der Waals surface area contributed by atoms with E-state index >= 15 is 0 Å². The first-order valence-corrected chi connectivity index (χ1v) is 6.58. The Labute approximate surface area is 129 Å². The quantitative estimate of drug-likeness (QED) is 0.343. The van der Waals surface area contributed by atoms with Crippen molar-refractivity contribution in [1.29, 1.82) is 0 Å². The number of aromatic nitrogens is 2. The Morgan fingerprint density at radius 3 is 2.65 bits per heavy atom. The van der Waals surface area contributed by atoms with Crippen LogP contribution in [0.15, 0.2) is 42.5 Å². The molecule has 0 fully saturated rings. The predicted molar refractivity (Wildman–Crippen MR) is 80.7 cm³/mol. The molecule has 8 heteroatoms. The molecule has 0 saturated carbocycles. The van der Waals surface area contributed by atoms with Gasteiger partial charge in [0.1, 0.15) is 0 Å². The van der Waals surface area contributed by atoms with Crippen LogP contribution in [0.2, 0.25) is 0 Å². The van der Waals surface area contributed by atoms with E-state index < -0.39 is 10.9 Å². The highest BCUT2D eigenvalue weighted by molar-refractivity contribution is 6.03. The Morgan fingerprint density at radius 1 is 1.22 bits per heavy atom. The van der Waals surface area contributed by atoms with Crippen molar-refractivity contribution < 1.29 is 19.2 Å². The van der Waals surface area contributed by atoms with Gasteiger partial charge in [0.2, 0.25) is 0 Å². The van der Waals surface area contributed by atoms with Crippen LogP contribution in [0.1, 0.15) is 10.5 Å². The SMILES string of the molecule is COc1ccccc1OC(=O)c1n[nH]c2ccc([N+](=O)[O-])cc12. The van der Waals surface area contributed by atoms with E-state index in [-0.39, 0.29) is 17.1 Å². The molecule has 1 heterocycles. The fourth-order valence-electron chi connectivity index (χ4n) is 2.12. The van der Waals surface area contributed by atoms with Crippen molar-refractivity contribution in [2.75, 3.05) is 7.11 Å². The van der Waals surface area contributed by atoms with E-state index in [9.17, 15) is 14.9 Å². The minimum Gasteiger partial charge on any atom is -0.493 e. The monoisotopic (exact) mass is 313 g/mol. The van der Waals surface area contributed by atoms with Crippen molar-refractivity contribution in [3.63, 3.8) is 0 Å². The number of aromatic amines is 1. The van der Waals surface area contributed by atoms with E-state index in [1.165, 1.54) is 25.3 Å². The number of nitro groups is 1. The molecule has 0 radical (unpaired) electrons. The number of non-ortho nitro benzene ring substituents is 1. The number of fused-ring (bicyclic) bond motifs is 1. The summed E-state index contributed by atoms with van der Waals surface area (Å²) in [6, 6.07) is 10.8. The number of ether oxygens (including phenoxy) is 2. The highest BCUT2D eigenvalue weighted by Crippen LogP contribution is 2.28. The van der Waals surface area contributed by atoms with Gasteiger partial charge >= 0.3 is 5.97 Å². The fourth-order valence-corrected chi connectivity index (χ4v) is 2.12. The molecule has 8 nitrogen and oxygen atoms in total. The van der Waals surface area contributed by atoms with E-state index in [4.69, 9.17) is 9.47 Å². The molecule has 0 spiro atoms. The number of nitro benzene ring substituents is 1. The zero-order valence-corrected chi connectivity index (χ0v) is 12.0. The van der Waals surface area contributed by atoms with E-state index in [0.717, 1.165) is 0 Å². The third-order valence-electron chi connectivity index (χ3n) is 3.22. The van der Waals surface area contributed by atoms with Crippen LogP contribution in [0.4, 0.5) is 5.69 Å². The standard InChI is InChI=1S/C15H11N3O5/c1-22-12-4-2-3-5-13(12)23-15(19)14-10-8-9(18(20)21)6-7-11(10)16-17-14/h2-8H,1H3,(H,16,17). The van der Waals surface area contributed by atoms with E-state index in [1.807, 2.05) is 0 Å². The van der Waals surface area contributed by atoms with Gasteiger partial charge in [-0.3, -0.25) is 15.2 Å². The summed E-state index contributed by atoms with van der Waals surface area (Å²) in [4.78, 5) is 22.6. The summed E-state index contributed by atoms with van der Waals surface area (Å²) in [6.07, 6.45) is 0.